The Morgan fingerprint density at radius 1 is 0.806 bits per heavy atom. The lowest BCUT2D eigenvalue weighted by molar-refractivity contribution is 0.0430. The molecule has 0 fully saturated rings. The van der Waals surface area contributed by atoms with Gasteiger partial charge in [0.1, 0.15) is 21.7 Å². The van der Waals surface area contributed by atoms with E-state index in [1.165, 1.54) is 30.3 Å². The maximum Gasteiger partial charge on any atom is 0.424 e. The monoisotopic (exact) mass is 521 g/mol. The van der Waals surface area contributed by atoms with Crippen LogP contribution in [0.3, 0.4) is 0 Å². The van der Waals surface area contributed by atoms with E-state index in [-0.39, 0.29) is 10.6 Å². The van der Waals surface area contributed by atoms with Gasteiger partial charge in [0.2, 0.25) is 0 Å². The minimum Gasteiger partial charge on any atom is -0.465 e. The molecular formula is C25H31NO9S. The molecule has 2 aromatic carbocycles. The number of carbonyl (C=O) groups is 3. The fourth-order valence-electron chi connectivity index (χ4n) is 2.84. The predicted octanol–water partition coefficient (Wildman–Crippen LogP) is 5.23. The van der Waals surface area contributed by atoms with Gasteiger partial charge in [-0.2, -0.15) is 13.3 Å². The molecule has 2 amide bonds. The van der Waals surface area contributed by atoms with E-state index in [0.29, 0.717) is 4.90 Å². The van der Waals surface area contributed by atoms with Crippen molar-refractivity contribution in [3.05, 3.63) is 53.6 Å². The average Bonchev–Trinajstić information content (AvgIpc) is 2.71. The molecule has 0 aliphatic rings. The Kier molecular flexibility index (Phi) is 8.41. The zero-order valence-corrected chi connectivity index (χ0v) is 22.4. The summed E-state index contributed by atoms with van der Waals surface area (Å²) in [6.45, 7) is 11.3. The second kappa shape index (κ2) is 10.6. The third-order valence-corrected chi connectivity index (χ3v) is 5.54. The molecule has 0 atom stereocenters. The van der Waals surface area contributed by atoms with E-state index < -0.39 is 50.8 Å². The second-order valence-corrected chi connectivity index (χ2v) is 11.3. The lowest BCUT2D eigenvalue weighted by Gasteiger charge is -2.29. The van der Waals surface area contributed by atoms with Crippen LogP contribution in [0.25, 0.3) is 0 Å². The molecule has 196 valence electrons. The number of hydrogen-bond donors (Lipinski definition) is 0. The molecule has 0 radical (unpaired) electrons. The van der Waals surface area contributed by atoms with E-state index >= 15 is 0 Å². The number of aryl methyl sites for hydroxylation is 1. The number of amides is 2. The molecule has 0 unspecified atom stereocenters. The summed E-state index contributed by atoms with van der Waals surface area (Å²) in [6.07, 6.45) is -2.30. The highest BCUT2D eigenvalue weighted by atomic mass is 32.2. The molecule has 0 spiro atoms. The highest BCUT2D eigenvalue weighted by molar-refractivity contribution is 7.87. The van der Waals surface area contributed by atoms with Crippen molar-refractivity contribution in [2.24, 2.45) is 0 Å². The van der Waals surface area contributed by atoms with E-state index in [9.17, 15) is 22.8 Å². The van der Waals surface area contributed by atoms with Gasteiger partial charge in [-0.1, -0.05) is 23.8 Å². The lowest BCUT2D eigenvalue weighted by atomic mass is 10.1. The number of carbonyl (C=O) groups excluding carboxylic acids is 3. The summed E-state index contributed by atoms with van der Waals surface area (Å²) in [7, 11) is -3.34. The Balaban J connectivity index is 2.70. The van der Waals surface area contributed by atoms with Crippen molar-refractivity contribution in [1.29, 1.82) is 0 Å². The van der Waals surface area contributed by atoms with E-state index in [1.54, 1.807) is 60.6 Å². The molecule has 0 aromatic heterocycles. The fraction of sp³-hybridized carbons (Fsp3) is 0.400. The summed E-state index contributed by atoms with van der Waals surface area (Å²) >= 11 is 0. The first-order chi connectivity index (χ1) is 16.4. The van der Waals surface area contributed by atoms with Crippen molar-refractivity contribution in [3.63, 3.8) is 0 Å². The molecule has 10 nitrogen and oxygen atoms in total. The summed E-state index contributed by atoms with van der Waals surface area (Å²) in [6, 6.07) is 9.61. The Morgan fingerprint density at radius 3 is 1.75 bits per heavy atom. The number of rotatable bonds is 5. The Bertz CT molecular complexity index is 1210. The zero-order chi connectivity index (χ0) is 27.5. The fourth-order valence-corrected chi connectivity index (χ4v) is 3.78. The van der Waals surface area contributed by atoms with Gasteiger partial charge in [-0.3, -0.25) is 0 Å². The lowest BCUT2D eigenvalue weighted by Crippen LogP contribution is -2.44. The SMILES string of the molecule is COC(=O)c1c(OS(=O)(=O)c2ccc(C)cc2)cccc1N(C(=O)OC(C)(C)C)C(=O)OC(C)(C)C. The smallest absolute Gasteiger partial charge is 0.424 e. The van der Waals surface area contributed by atoms with E-state index in [2.05, 4.69) is 0 Å². The van der Waals surface area contributed by atoms with Crippen molar-refractivity contribution in [2.75, 3.05) is 12.0 Å². The summed E-state index contributed by atoms with van der Waals surface area (Å²) in [5.74, 6) is -1.52. The van der Waals surface area contributed by atoms with Crippen LogP contribution in [0.2, 0.25) is 0 Å². The molecule has 0 heterocycles. The van der Waals surface area contributed by atoms with Crippen LogP contribution >= 0.6 is 0 Å². The number of ether oxygens (including phenoxy) is 3. The van der Waals surface area contributed by atoms with Gasteiger partial charge in [0.05, 0.1) is 12.8 Å². The molecule has 0 saturated heterocycles. The normalized spacial score (nSPS) is 11.9. The zero-order valence-electron chi connectivity index (χ0n) is 21.6. The first kappa shape index (κ1) is 28.6. The van der Waals surface area contributed by atoms with Gasteiger partial charge in [0.25, 0.3) is 0 Å². The summed E-state index contributed by atoms with van der Waals surface area (Å²) in [5, 5.41) is 0. The van der Waals surface area contributed by atoms with Crippen LogP contribution in [0.4, 0.5) is 15.3 Å². The number of imide groups is 1. The highest BCUT2D eigenvalue weighted by Crippen LogP contribution is 2.34. The van der Waals surface area contributed by atoms with Crippen LogP contribution < -0.4 is 9.08 Å². The minimum atomic E-state index is -4.39. The third-order valence-electron chi connectivity index (χ3n) is 4.30. The van der Waals surface area contributed by atoms with Crippen LogP contribution in [0.5, 0.6) is 5.75 Å². The number of esters is 1. The van der Waals surface area contributed by atoms with E-state index in [1.807, 2.05) is 0 Å². The quantitative estimate of drug-likeness (QED) is 0.295. The van der Waals surface area contributed by atoms with Gasteiger partial charge < -0.3 is 18.4 Å². The summed E-state index contributed by atoms with van der Waals surface area (Å²) in [4.78, 5) is 39.3. The number of hydrogen-bond acceptors (Lipinski definition) is 9. The summed E-state index contributed by atoms with van der Waals surface area (Å²) < 4.78 is 46.7. The number of methoxy groups -OCH3 is 1. The number of nitrogens with zero attached hydrogens (tertiary/aromatic N) is 1. The van der Waals surface area contributed by atoms with Gasteiger partial charge in [0.15, 0.2) is 5.75 Å². The van der Waals surface area contributed by atoms with Crippen LogP contribution in [-0.4, -0.2) is 44.9 Å². The van der Waals surface area contributed by atoms with Crippen molar-refractivity contribution in [1.82, 2.24) is 0 Å². The maximum atomic E-state index is 13.1. The molecule has 2 rings (SSSR count). The van der Waals surface area contributed by atoms with E-state index in [0.717, 1.165) is 12.7 Å². The molecule has 0 aliphatic carbocycles. The molecule has 0 aliphatic heterocycles. The van der Waals surface area contributed by atoms with Crippen molar-refractivity contribution >= 4 is 34.0 Å². The molecule has 2 aromatic rings. The van der Waals surface area contributed by atoms with Crippen molar-refractivity contribution in [2.45, 2.75) is 64.6 Å². The van der Waals surface area contributed by atoms with Gasteiger partial charge >= 0.3 is 28.3 Å². The standard InChI is InChI=1S/C25H31NO9S/c1-16-12-14-17(15-13-16)36(30,31)35-19-11-9-10-18(20(19)21(27)32-8)26(22(28)33-24(2,3)4)23(29)34-25(5,6)7/h9-15H,1-8H3. The largest absolute Gasteiger partial charge is 0.465 e. The first-order valence-corrected chi connectivity index (χ1v) is 12.3. The van der Waals surface area contributed by atoms with Crippen LogP contribution in [0, 0.1) is 6.92 Å². The summed E-state index contributed by atoms with van der Waals surface area (Å²) in [5.41, 5.74) is -2.02. The van der Waals surface area contributed by atoms with Crippen LogP contribution in [0.15, 0.2) is 47.4 Å². The predicted molar refractivity (Wildman–Crippen MR) is 132 cm³/mol. The highest BCUT2D eigenvalue weighted by Gasteiger charge is 2.37. The Morgan fingerprint density at radius 2 is 1.31 bits per heavy atom. The van der Waals surface area contributed by atoms with Gasteiger partial charge in [0, 0.05) is 0 Å². The Labute approximate surface area is 211 Å². The molecule has 36 heavy (non-hydrogen) atoms. The number of benzene rings is 2. The van der Waals surface area contributed by atoms with Gasteiger partial charge in [-0.05, 0) is 72.7 Å². The molecular weight excluding hydrogens is 490 g/mol. The number of anilines is 1. The second-order valence-electron chi connectivity index (χ2n) is 9.79. The van der Waals surface area contributed by atoms with Gasteiger partial charge in [-0.15, -0.1) is 0 Å². The van der Waals surface area contributed by atoms with Gasteiger partial charge in [-0.25, -0.2) is 14.4 Å². The first-order valence-electron chi connectivity index (χ1n) is 10.9. The molecule has 0 saturated carbocycles. The third kappa shape index (κ3) is 7.45. The topological polar surface area (TPSA) is 126 Å². The minimum absolute atomic E-state index is 0.162. The maximum absolute atomic E-state index is 13.1. The molecule has 11 heteroatoms. The van der Waals surface area contributed by atoms with Crippen LogP contribution in [-0.2, 0) is 24.3 Å². The average molecular weight is 522 g/mol. The molecule has 0 bridgehead atoms. The van der Waals surface area contributed by atoms with Crippen molar-refractivity contribution < 1.29 is 41.2 Å². The van der Waals surface area contributed by atoms with E-state index in [4.69, 9.17) is 18.4 Å². The Hall–Kier alpha value is -3.60. The van der Waals surface area contributed by atoms with Crippen LogP contribution in [0.1, 0.15) is 57.5 Å². The van der Waals surface area contributed by atoms with Crippen molar-refractivity contribution in [3.8, 4) is 5.75 Å². The molecule has 0 N–H and O–H groups in total.